The van der Waals surface area contributed by atoms with Crippen molar-refractivity contribution in [3.8, 4) is 0 Å². The quantitative estimate of drug-likeness (QED) is 0.836. The first-order valence-corrected chi connectivity index (χ1v) is 6.55. The Labute approximate surface area is 109 Å². The largest absolute Gasteiger partial charge is 0.388 e. The van der Waals surface area contributed by atoms with E-state index in [4.69, 9.17) is 0 Å². The molecular weight excluding hydrogens is 220 g/mol. The molecule has 0 radical (unpaired) electrons. The van der Waals surface area contributed by atoms with Gasteiger partial charge in [0.2, 0.25) is 0 Å². The van der Waals surface area contributed by atoms with Gasteiger partial charge in [0.15, 0.2) is 0 Å². The molecule has 0 aliphatic carbocycles. The minimum Gasteiger partial charge on any atom is -0.388 e. The third-order valence-corrected chi connectivity index (χ3v) is 3.33. The summed E-state index contributed by atoms with van der Waals surface area (Å²) in [5.41, 5.74) is 3.57. The normalized spacial score (nSPS) is 12.3. The van der Waals surface area contributed by atoms with Crippen LogP contribution < -0.4 is 0 Å². The molecule has 0 aliphatic rings. The fraction of sp³-hybridized carbons (Fsp3) is 0.294. The highest BCUT2D eigenvalue weighted by molar-refractivity contribution is 5.27. The molecule has 2 rings (SSSR count). The summed E-state index contributed by atoms with van der Waals surface area (Å²) >= 11 is 0. The maximum Gasteiger partial charge on any atom is 0.0792 e. The van der Waals surface area contributed by atoms with Crippen LogP contribution in [-0.2, 0) is 6.42 Å². The molecule has 0 bridgehead atoms. The molecule has 1 unspecified atom stereocenters. The second-order valence-electron chi connectivity index (χ2n) is 4.75. The van der Waals surface area contributed by atoms with Crippen molar-refractivity contribution in [3.05, 3.63) is 71.3 Å². The number of benzene rings is 2. The Bertz CT molecular complexity index is 476. The predicted molar refractivity (Wildman–Crippen MR) is 75.5 cm³/mol. The zero-order chi connectivity index (χ0) is 12.8. The zero-order valence-corrected chi connectivity index (χ0v) is 10.8. The van der Waals surface area contributed by atoms with Crippen LogP contribution in [0.15, 0.2) is 54.6 Å². The Morgan fingerprint density at radius 3 is 2.33 bits per heavy atom. The second-order valence-corrected chi connectivity index (χ2v) is 4.75. The van der Waals surface area contributed by atoms with Gasteiger partial charge in [0.25, 0.3) is 0 Å². The minimum absolute atomic E-state index is 0.338. The van der Waals surface area contributed by atoms with Gasteiger partial charge in [-0.3, -0.25) is 0 Å². The van der Waals surface area contributed by atoms with Crippen molar-refractivity contribution in [2.45, 2.75) is 32.3 Å². The fourth-order valence-electron chi connectivity index (χ4n) is 2.26. The van der Waals surface area contributed by atoms with Crippen molar-refractivity contribution in [2.24, 2.45) is 0 Å². The SMILES string of the molecule is Cc1ccccc1C(O)CCCc1ccccc1. The summed E-state index contributed by atoms with van der Waals surface area (Å²) in [6.07, 6.45) is 2.53. The molecule has 94 valence electrons. The molecule has 0 amide bonds. The van der Waals surface area contributed by atoms with E-state index in [-0.39, 0.29) is 6.10 Å². The third-order valence-electron chi connectivity index (χ3n) is 3.33. The van der Waals surface area contributed by atoms with E-state index in [0.29, 0.717) is 0 Å². The summed E-state index contributed by atoms with van der Waals surface area (Å²) in [6.45, 7) is 2.05. The second kappa shape index (κ2) is 6.36. The maximum absolute atomic E-state index is 10.2. The number of rotatable bonds is 5. The first-order chi connectivity index (χ1) is 8.77. The number of aliphatic hydroxyl groups is 1. The molecule has 2 aromatic carbocycles. The van der Waals surface area contributed by atoms with Crippen molar-refractivity contribution < 1.29 is 5.11 Å². The lowest BCUT2D eigenvalue weighted by Crippen LogP contribution is -2.00. The molecule has 18 heavy (non-hydrogen) atoms. The van der Waals surface area contributed by atoms with Crippen molar-refractivity contribution in [3.63, 3.8) is 0 Å². The summed E-state index contributed by atoms with van der Waals surface area (Å²) in [7, 11) is 0. The van der Waals surface area contributed by atoms with Crippen LogP contribution in [0.1, 0.15) is 35.6 Å². The highest BCUT2D eigenvalue weighted by Crippen LogP contribution is 2.22. The molecule has 0 aliphatic heterocycles. The molecule has 0 saturated carbocycles. The van der Waals surface area contributed by atoms with Crippen LogP contribution in [0.5, 0.6) is 0 Å². The summed E-state index contributed by atoms with van der Waals surface area (Å²) in [4.78, 5) is 0. The highest BCUT2D eigenvalue weighted by Gasteiger charge is 2.09. The Balaban J connectivity index is 1.86. The van der Waals surface area contributed by atoms with Gasteiger partial charge in [-0.1, -0.05) is 54.6 Å². The van der Waals surface area contributed by atoms with Crippen LogP contribution in [-0.4, -0.2) is 5.11 Å². The Hall–Kier alpha value is -1.60. The minimum atomic E-state index is -0.338. The molecule has 1 N–H and O–H groups in total. The molecule has 1 heteroatoms. The Kier molecular flexibility index (Phi) is 4.54. The summed E-state index contributed by atoms with van der Waals surface area (Å²) in [5.74, 6) is 0. The summed E-state index contributed by atoms with van der Waals surface area (Å²) < 4.78 is 0. The molecule has 0 saturated heterocycles. The molecule has 0 aromatic heterocycles. The van der Waals surface area contributed by atoms with Gasteiger partial charge in [0, 0.05) is 0 Å². The lowest BCUT2D eigenvalue weighted by molar-refractivity contribution is 0.164. The summed E-state index contributed by atoms with van der Waals surface area (Å²) in [5, 5.41) is 10.2. The molecular formula is C17H20O. The lowest BCUT2D eigenvalue weighted by atomic mass is 9.98. The van der Waals surface area contributed by atoms with Gasteiger partial charge < -0.3 is 5.11 Å². The average Bonchev–Trinajstić information content (AvgIpc) is 2.40. The van der Waals surface area contributed by atoms with Gasteiger partial charge in [-0.2, -0.15) is 0 Å². The molecule has 0 fully saturated rings. The van der Waals surface area contributed by atoms with Crippen LogP contribution in [0.4, 0.5) is 0 Å². The van der Waals surface area contributed by atoms with E-state index < -0.39 is 0 Å². The van der Waals surface area contributed by atoms with Crippen molar-refractivity contribution >= 4 is 0 Å². The smallest absolute Gasteiger partial charge is 0.0792 e. The van der Waals surface area contributed by atoms with Crippen molar-refractivity contribution in [1.29, 1.82) is 0 Å². The van der Waals surface area contributed by atoms with Gasteiger partial charge in [0.05, 0.1) is 6.10 Å². The Morgan fingerprint density at radius 1 is 0.944 bits per heavy atom. The number of hydrogen-bond acceptors (Lipinski definition) is 1. The molecule has 1 atom stereocenters. The van der Waals surface area contributed by atoms with E-state index in [0.717, 1.165) is 24.8 Å². The number of aryl methyl sites for hydroxylation is 2. The van der Waals surface area contributed by atoms with E-state index in [2.05, 4.69) is 37.3 Å². The van der Waals surface area contributed by atoms with Crippen LogP contribution in [0.3, 0.4) is 0 Å². The van der Waals surface area contributed by atoms with Gasteiger partial charge in [-0.25, -0.2) is 0 Å². The van der Waals surface area contributed by atoms with Crippen molar-refractivity contribution in [1.82, 2.24) is 0 Å². The maximum atomic E-state index is 10.2. The van der Waals surface area contributed by atoms with Crippen LogP contribution >= 0.6 is 0 Å². The van der Waals surface area contributed by atoms with Gasteiger partial charge in [-0.15, -0.1) is 0 Å². The molecule has 1 nitrogen and oxygen atoms in total. The first-order valence-electron chi connectivity index (χ1n) is 6.55. The third kappa shape index (κ3) is 3.44. The lowest BCUT2D eigenvalue weighted by Gasteiger charge is -2.13. The molecule has 0 spiro atoms. The van der Waals surface area contributed by atoms with Gasteiger partial charge in [0.1, 0.15) is 0 Å². The van der Waals surface area contributed by atoms with Gasteiger partial charge >= 0.3 is 0 Å². The standard InChI is InChI=1S/C17H20O/c1-14-8-5-6-12-16(14)17(18)13-7-11-15-9-3-2-4-10-15/h2-6,8-10,12,17-18H,7,11,13H2,1H3. The number of hydrogen-bond donors (Lipinski definition) is 1. The van der Waals surface area contributed by atoms with E-state index in [9.17, 15) is 5.11 Å². The zero-order valence-electron chi connectivity index (χ0n) is 10.8. The van der Waals surface area contributed by atoms with E-state index in [1.807, 2.05) is 24.3 Å². The van der Waals surface area contributed by atoms with Crippen LogP contribution in [0, 0.1) is 6.92 Å². The topological polar surface area (TPSA) is 20.2 Å². The van der Waals surface area contributed by atoms with Crippen LogP contribution in [0.2, 0.25) is 0 Å². The van der Waals surface area contributed by atoms with Gasteiger partial charge in [-0.05, 0) is 42.9 Å². The highest BCUT2D eigenvalue weighted by atomic mass is 16.3. The Morgan fingerprint density at radius 2 is 1.61 bits per heavy atom. The summed E-state index contributed by atoms with van der Waals surface area (Å²) in [6, 6.07) is 18.5. The van der Waals surface area contributed by atoms with E-state index in [1.54, 1.807) is 0 Å². The van der Waals surface area contributed by atoms with Crippen molar-refractivity contribution in [2.75, 3.05) is 0 Å². The first kappa shape index (κ1) is 12.8. The average molecular weight is 240 g/mol. The monoisotopic (exact) mass is 240 g/mol. The fourth-order valence-corrected chi connectivity index (χ4v) is 2.26. The van der Waals surface area contributed by atoms with E-state index >= 15 is 0 Å². The predicted octanol–water partition coefficient (Wildman–Crippen LogP) is 4.05. The molecule has 0 heterocycles. The molecule has 2 aromatic rings. The van der Waals surface area contributed by atoms with E-state index in [1.165, 1.54) is 11.1 Å². The van der Waals surface area contributed by atoms with Crippen LogP contribution in [0.25, 0.3) is 0 Å². The number of aliphatic hydroxyl groups excluding tert-OH is 1.